The molecular formula is C19H21FOS. The molecule has 0 unspecified atom stereocenters. The second-order valence-electron chi connectivity index (χ2n) is 5.32. The third kappa shape index (κ3) is 4.44. The Hall–Kier alpha value is -1.61. The zero-order chi connectivity index (χ0) is 15.9. The van der Waals surface area contributed by atoms with Crippen LogP contribution < -0.4 is 0 Å². The number of benzene rings is 2. The van der Waals surface area contributed by atoms with Crippen molar-refractivity contribution >= 4 is 17.5 Å². The summed E-state index contributed by atoms with van der Waals surface area (Å²) in [5.74, 6) is 0.860. The molecule has 0 saturated heterocycles. The zero-order valence-electron chi connectivity index (χ0n) is 13.0. The maximum Gasteiger partial charge on any atom is 0.165 e. The first-order valence-electron chi connectivity index (χ1n) is 7.65. The first-order chi connectivity index (χ1) is 10.6. The smallest absolute Gasteiger partial charge is 0.165 e. The molecule has 0 aliphatic rings. The van der Waals surface area contributed by atoms with Crippen molar-refractivity contribution < 1.29 is 9.18 Å². The van der Waals surface area contributed by atoms with E-state index in [1.807, 2.05) is 30.3 Å². The molecule has 116 valence electrons. The van der Waals surface area contributed by atoms with E-state index in [2.05, 4.69) is 13.8 Å². The summed E-state index contributed by atoms with van der Waals surface area (Å²) in [4.78, 5) is 13.4. The molecule has 0 bridgehead atoms. The molecule has 0 atom stereocenters. The van der Waals surface area contributed by atoms with Gasteiger partial charge in [-0.2, -0.15) is 0 Å². The van der Waals surface area contributed by atoms with Crippen LogP contribution in [0.1, 0.15) is 42.6 Å². The fourth-order valence-corrected chi connectivity index (χ4v) is 3.25. The molecule has 0 heterocycles. The molecule has 2 rings (SSSR count). The van der Waals surface area contributed by atoms with Gasteiger partial charge in [0.2, 0.25) is 0 Å². The standard InChI is InChI=1S/C19H21FOS/c1-3-15(4-2)19(21)16-8-10-18(11-9-16)22-13-14-6-5-7-17(20)12-14/h5-12,15H,3-4,13H2,1-2H3. The quantitative estimate of drug-likeness (QED) is 0.479. The fraction of sp³-hybridized carbons (Fsp3) is 0.316. The summed E-state index contributed by atoms with van der Waals surface area (Å²) in [6, 6.07) is 14.4. The molecule has 0 aliphatic heterocycles. The number of carbonyl (C=O) groups excluding carboxylic acids is 1. The minimum atomic E-state index is -0.204. The highest BCUT2D eigenvalue weighted by Crippen LogP contribution is 2.24. The van der Waals surface area contributed by atoms with Crippen molar-refractivity contribution in [3.63, 3.8) is 0 Å². The molecule has 0 fully saturated rings. The molecule has 22 heavy (non-hydrogen) atoms. The number of Topliss-reactive ketones (excluding diaryl/α,β-unsaturated/α-hetero) is 1. The van der Waals surface area contributed by atoms with Gasteiger partial charge in [0.05, 0.1) is 0 Å². The highest BCUT2D eigenvalue weighted by Gasteiger charge is 2.15. The van der Waals surface area contributed by atoms with Crippen LogP contribution in [0.5, 0.6) is 0 Å². The van der Waals surface area contributed by atoms with Gasteiger partial charge in [-0.05, 0) is 42.7 Å². The Morgan fingerprint density at radius 3 is 2.36 bits per heavy atom. The van der Waals surface area contributed by atoms with Crippen LogP contribution in [0.4, 0.5) is 4.39 Å². The lowest BCUT2D eigenvalue weighted by Crippen LogP contribution is -2.12. The molecule has 1 nitrogen and oxygen atoms in total. The third-order valence-electron chi connectivity index (χ3n) is 3.79. The normalized spacial score (nSPS) is 10.9. The molecular weight excluding hydrogens is 295 g/mol. The van der Waals surface area contributed by atoms with E-state index in [4.69, 9.17) is 0 Å². The first-order valence-corrected chi connectivity index (χ1v) is 8.64. The van der Waals surface area contributed by atoms with Gasteiger partial charge in [-0.3, -0.25) is 4.79 Å². The van der Waals surface area contributed by atoms with Gasteiger partial charge in [0, 0.05) is 22.1 Å². The summed E-state index contributed by atoms with van der Waals surface area (Å²) in [6.45, 7) is 4.10. The number of hydrogen-bond donors (Lipinski definition) is 0. The Morgan fingerprint density at radius 2 is 1.77 bits per heavy atom. The summed E-state index contributed by atoms with van der Waals surface area (Å²) in [6.07, 6.45) is 1.76. The van der Waals surface area contributed by atoms with Crippen LogP contribution in [-0.4, -0.2) is 5.78 Å². The largest absolute Gasteiger partial charge is 0.294 e. The fourth-order valence-electron chi connectivity index (χ4n) is 2.40. The van der Waals surface area contributed by atoms with E-state index in [1.54, 1.807) is 23.9 Å². The predicted molar refractivity (Wildman–Crippen MR) is 90.8 cm³/mol. The summed E-state index contributed by atoms with van der Waals surface area (Å²) >= 11 is 1.64. The van der Waals surface area contributed by atoms with E-state index in [0.717, 1.165) is 34.6 Å². The third-order valence-corrected chi connectivity index (χ3v) is 4.87. The van der Waals surface area contributed by atoms with Gasteiger partial charge in [-0.1, -0.05) is 38.1 Å². The molecule has 0 N–H and O–H groups in total. The summed E-state index contributed by atoms with van der Waals surface area (Å²) in [5.41, 5.74) is 1.74. The Morgan fingerprint density at radius 1 is 1.09 bits per heavy atom. The van der Waals surface area contributed by atoms with E-state index in [9.17, 15) is 9.18 Å². The Balaban J connectivity index is 1.98. The lowest BCUT2D eigenvalue weighted by atomic mass is 9.93. The maximum atomic E-state index is 13.1. The average molecular weight is 316 g/mol. The SMILES string of the molecule is CCC(CC)C(=O)c1ccc(SCc2cccc(F)c2)cc1. The van der Waals surface area contributed by atoms with Crippen molar-refractivity contribution in [2.24, 2.45) is 5.92 Å². The van der Waals surface area contributed by atoms with E-state index in [0.29, 0.717) is 0 Å². The van der Waals surface area contributed by atoms with Crippen LogP contribution >= 0.6 is 11.8 Å². The molecule has 3 heteroatoms. The van der Waals surface area contributed by atoms with Gasteiger partial charge in [0.1, 0.15) is 5.82 Å². The monoisotopic (exact) mass is 316 g/mol. The van der Waals surface area contributed by atoms with Crippen LogP contribution in [0.25, 0.3) is 0 Å². The van der Waals surface area contributed by atoms with Crippen molar-refractivity contribution in [1.82, 2.24) is 0 Å². The van der Waals surface area contributed by atoms with Crippen molar-refractivity contribution in [3.8, 4) is 0 Å². The van der Waals surface area contributed by atoms with Crippen LogP contribution in [-0.2, 0) is 5.75 Å². The molecule has 0 spiro atoms. The second kappa shape index (κ2) is 8.14. The number of ketones is 1. The number of halogens is 1. The minimum Gasteiger partial charge on any atom is -0.294 e. The van der Waals surface area contributed by atoms with Crippen LogP contribution in [0.3, 0.4) is 0 Å². The lowest BCUT2D eigenvalue weighted by Gasteiger charge is -2.11. The molecule has 0 radical (unpaired) electrons. The summed E-state index contributed by atoms with van der Waals surface area (Å²) in [7, 11) is 0. The molecule has 0 saturated carbocycles. The van der Waals surface area contributed by atoms with E-state index in [-0.39, 0.29) is 17.5 Å². The Bertz CT molecular complexity index is 618. The number of hydrogen-bond acceptors (Lipinski definition) is 2. The number of carbonyl (C=O) groups is 1. The minimum absolute atomic E-state index is 0.116. The topological polar surface area (TPSA) is 17.1 Å². The molecule has 0 aromatic heterocycles. The van der Waals surface area contributed by atoms with Crippen molar-refractivity contribution in [2.75, 3.05) is 0 Å². The highest BCUT2D eigenvalue weighted by atomic mass is 32.2. The Labute approximate surface area is 135 Å². The van der Waals surface area contributed by atoms with E-state index in [1.165, 1.54) is 6.07 Å². The number of thioether (sulfide) groups is 1. The van der Waals surface area contributed by atoms with Gasteiger partial charge < -0.3 is 0 Å². The van der Waals surface area contributed by atoms with Crippen LogP contribution in [0.2, 0.25) is 0 Å². The number of rotatable bonds is 7. The molecule has 2 aromatic carbocycles. The van der Waals surface area contributed by atoms with Gasteiger partial charge in [-0.15, -0.1) is 11.8 Å². The lowest BCUT2D eigenvalue weighted by molar-refractivity contribution is 0.0913. The molecule has 2 aromatic rings. The van der Waals surface area contributed by atoms with Gasteiger partial charge >= 0.3 is 0 Å². The molecule has 0 amide bonds. The van der Waals surface area contributed by atoms with E-state index >= 15 is 0 Å². The van der Waals surface area contributed by atoms with Crippen molar-refractivity contribution in [1.29, 1.82) is 0 Å². The summed E-state index contributed by atoms with van der Waals surface area (Å²) in [5, 5.41) is 0. The van der Waals surface area contributed by atoms with Crippen LogP contribution in [0.15, 0.2) is 53.4 Å². The second-order valence-corrected chi connectivity index (χ2v) is 6.37. The van der Waals surface area contributed by atoms with Gasteiger partial charge in [0.15, 0.2) is 5.78 Å². The van der Waals surface area contributed by atoms with Gasteiger partial charge in [0.25, 0.3) is 0 Å². The van der Waals surface area contributed by atoms with E-state index < -0.39 is 0 Å². The average Bonchev–Trinajstić information content (AvgIpc) is 2.54. The van der Waals surface area contributed by atoms with Crippen molar-refractivity contribution in [3.05, 3.63) is 65.5 Å². The highest BCUT2D eigenvalue weighted by molar-refractivity contribution is 7.98. The van der Waals surface area contributed by atoms with Gasteiger partial charge in [-0.25, -0.2) is 4.39 Å². The Kier molecular flexibility index (Phi) is 6.20. The summed E-state index contributed by atoms with van der Waals surface area (Å²) < 4.78 is 13.1. The predicted octanol–water partition coefficient (Wildman–Crippen LogP) is 5.74. The van der Waals surface area contributed by atoms with Crippen molar-refractivity contribution in [2.45, 2.75) is 37.3 Å². The maximum absolute atomic E-state index is 13.1. The first kappa shape index (κ1) is 16.8. The zero-order valence-corrected chi connectivity index (χ0v) is 13.8. The molecule has 0 aliphatic carbocycles. The van der Waals surface area contributed by atoms with Crippen LogP contribution in [0, 0.1) is 11.7 Å².